The van der Waals surface area contributed by atoms with Crippen LogP contribution in [0.3, 0.4) is 0 Å². The lowest BCUT2D eigenvalue weighted by Crippen LogP contribution is -2.41. The highest BCUT2D eigenvalue weighted by atomic mass is 16.2. The summed E-state index contributed by atoms with van der Waals surface area (Å²) in [5.74, 6) is -0.328. The predicted octanol–water partition coefficient (Wildman–Crippen LogP) is 1.16. The van der Waals surface area contributed by atoms with Crippen molar-refractivity contribution in [3.8, 4) is 0 Å². The van der Waals surface area contributed by atoms with E-state index in [1.807, 2.05) is 61.5 Å². The quantitative estimate of drug-likeness (QED) is 0.620. The topological polar surface area (TPSA) is 87.5 Å². The smallest absolute Gasteiger partial charge is 0.251 e. The van der Waals surface area contributed by atoms with Crippen LogP contribution in [0.1, 0.15) is 21.5 Å². The van der Waals surface area contributed by atoms with Gasteiger partial charge in [0, 0.05) is 25.2 Å². The number of nitrogens with two attached hydrogens (primary N) is 1. The van der Waals surface area contributed by atoms with E-state index in [0.29, 0.717) is 25.1 Å². The van der Waals surface area contributed by atoms with E-state index in [4.69, 9.17) is 5.73 Å². The van der Waals surface area contributed by atoms with E-state index in [2.05, 4.69) is 10.6 Å². The van der Waals surface area contributed by atoms with Crippen LogP contribution in [0, 0.1) is 0 Å². The van der Waals surface area contributed by atoms with Gasteiger partial charge in [0.15, 0.2) is 0 Å². The molecule has 0 radical (unpaired) electrons. The molecule has 0 aliphatic rings. The Morgan fingerprint density at radius 1 is 1.00 bits per heavy atom. The Hall–Kier alpha value is -2.70. The fraction of sp³-hybridized carbons (Fsp3) is 0.333. The van der Waals surface area contributed by atoms with Crippen molar-refractivity contribution < 1.29 is 9.59 Å². The molecule has 1 unspecified atom stereocenters. The summed E-state index contributed by atoms with van der Waals surface area (Å²) in [6.07, 6.45) is 0.487. The first-order valence-corrected chi connectivity index (χ1v) is 9.05. The van der Waals surface area contributed by atoms with Crippen molar-refractivity contribution in [3.63, 3.8) is 0 Å². The molecule has 2 rings (SSSR count). The number of amides is 2. The molecule has 0 aromatic heterocycles. The van der Waals surface area contributed by atoms with Crippen LogP contribution in [0.25, 0.3) is 0 Å². The number of likely N-dealkylation sites (N-methyl/N-ethyl adjacent to an activating group) is 1. The van der Waals surface area contributed by atoms with Crippen LogP contribution in [-0.2, 0) is 17.8 Å². The number of carbonyl (C=O) groups excluding carboxylic acids is 2. The van der Waals surface area contributed by atoms with Gasteiger partial charge < -0.3 is 21.3 Å². The van der Waals surface area contributed by atoms with Gasteiger partial charge in [0.2, 0.25) is 5.91 Å². The zero-order valence-electron chi connectivity index (χ0n) is 15.9. The maximum Gasteiger partial charge on any atom is 0.251 e. The van der Waals surface area contributed by atoms with E-state index in [1.54, 1.807) is 12.1 Å². The van der Waals surface area contributed by atoms with E-state index in [1.165, 1.54) is 0 Å². The second kappa shape index (κ2) is 10.4. The van der Waals surface area contributed by atoms with Gasteiger partial charge in [0.05, 0.1) is 6.04 Å². The van der Waals surface area contributed by atoms with Crippen molar-refractivity contribution in [3.05, 3.63) is 71.3 Å². The molecule has 144 valence electrons. The number of nitrogens with zero attached hydrogens (tertiary/aromatic N) is 1. The zero-order chi connectivity index (χ0) is 19.6. The first-order chi connectivity index (χ1) is 13.0. The second-order valence-electron chi connectivity index (χ2n) is 6.77. The first kappa shape index (κ1) is 20.6. The summed E-state index contributed by atoms with van der Waals surface area (Å²) >= 11 is 0. The summed E-state index contributed by atoms with van der Waals surface area (Å²) in [6, 6.07) is 16.3. The second-order valence-corrected chi connectivity index (χ2v) is 6.77. The van der Waals surface area contributed by atoms with E-state index in [0.717, 1.165) is 17.7 Å². The molecule has 0 fully saturated rings. The standard InChI is InChI=1S/C21H28N4O2/c1-25(2)12-11-23-20(26)18-10-6-9-17(13-18)15-24-21(27)19(22)14-16-7-4-3-5-8-16/h3-10,13,19H,11-12,14-15,22H2,1-2H3,(H,23,26)(H,24,27). The molecule has 0 saturated carbocycles. The summed E-state index contributed by atoms with van der Waals surface area (Å²) in [4.78, 5) is 26.4. The average molecular weight is 368 g/mol. The fourth-order valence-corrected chi connectivity index (χ4v) is 2.60. The zero-order valence-corrected chi connectivity index (χ0v) is 15.9. The third-order valence-electron chi connectivity index (χ3n) is 4.14. The van der Waals surface area contributed by atoms with Gasteiger partial charge in [0.25, 0.3) is 5.91 Å². The molecule has 0 aliphatic carbocycles. The Morgan fingerprint density at radius 3 is 2.41 bits per heavy atom. The monoisotopic (exact) mass is 368 g/mol. The van der Waals surface area contributed by atoms with Crippen LogP contribution < -0.4 is 16.4 Å². The summed E-state index contributed by atoms with van der Waals surface area (Å²) in [6.45, 7) is 1.70. The minimum Gasteiger partial charge on any atom is -0.351 e. The first-order valence-electron chi connectivity index (χ1n) is 9.05. The van der Waals surface area contributed by atoms with Crippen LogP contribution in [0.4, 0.5) is 0 Å². The number of rotatable bonds is 9. The molecule has 0 spiro atoms. The van der Waals surface area contributed by atoms with Crippen molar-refractivity contribution in [2.75, 3.05) is 27.2 Å². The SMILES string of the molecule is CN(C)CCNC(=O)c1cccc(CNC(=O)C(N)Cc2ccccc2)c1. The molecule has 2 amide bonds. The van der Waals surface area contributed by atoms with E-state index < -0.39 is 6.04 Å². The van der Waals surface area contributed by atoms with Gasteiger partial charge in [-0.05, 0) is 43.8 Å². The Morgan fingerprint density at radius 2 is 1.70 bits per heavy atom. The third-order valence-corrected chi connectivity index (χ3v) is 4.14. The average Bonchev–Trinajstić information content (AvgIpc) is 2.66. The minimum absolute atomic E-state index is 0.120. The van der Waals surface area contributed by atoms with Crippen LogP contribution in [-0.4, -0.2) is 49.9 Å². The minimum atomic E-state index is -0.607. The lowest BCUT2D eigenvalue weighted by Gasteiger charge is -2.13. The van der Waals surface area contributed by atoms with Gasteiger partial charge in [0.1, 0.15) is 0 Å². The van der Waals surface area contributed by atoms with E-state index >= 15 is 0 Å². The summed E-state index contributed by atoms with van der Waals surface area (Å²) in [7, 11) is 3.91. The van der Waals surface area contributed by atoms with Crippen LogP contribution in [0.2, 0.25) is 0 Å². The molecule has 0 heterocycles. The fourth-order valence-electron chi connectivity index (χ4n) is 2.60. The molecule has 27 heavy (non-hydrogen) atoms. The van der Waals surface area contributed by atoms with Crippen molar-refractivity contribution in [2.24, 2.45) is 5.73 Å². The van der Waals surface area contributed by atoms with Gasteiger partial charge in [-0.3, -0.25) is 9.59 Å². The highest BCUT2D eigenvalue weighted by Gasteiger charge is 2.14. The van der Waals surface area contributed by atoms with Gasteiger partial charge in [-0.2, -0.15) is 0 Å². The molecule has 2 aromatic carbocycles. The molecule has 4 N–H and O–H groups in total. The Kier molecular flexibility index (Phi) is 7.98. The van der Waals surface area contributed by atoms with Gasteiger partial charge in [-0.15, -0.1) is 0 Å². The highest BCUT2D eigenvalue weighted by Crippen LogP contribution is 2.06. The number of carbonyl (C=O) groups is 2. The van der Waals surface area contributed by atoms with Crippen molar-refractivity contribution >= 4 is 11.8 Å². The maximum absolute atomic E-state index is 12.2. The maximum atomic E-state index is 12.2. The van der Waals surface area contributed by atoms with Crippen LogP contribution >= 0.6 is 0 Å². The molecule has 1 atom stereocenters. The Balaban J connectivity index is 1.84. The van der Waals surface area contributed by atoms with E-state index in [9.17, 15) is 9.59 Å². The largest absolute Gasteiger partial charge is 0.351 e. The molecule has 0 saturated heterocycles. The molecule has 0 aliphatic heterocycles. The molecule has 2 aromatic rings. The van der Waals surface area contributed by atoms with Gasteiger partial charge >= 0.3 is 0 Å². The summed E-state index contributed by atoms with van der Waals surface area (Å²) in [5, 5.41) is 5.72. The Labute approximate surface area is 160 Å². The van der Waals surface area contributed by atoms with Crippen molar-refractivity contribution in [2.45, 2.75) is 19.0 Å². The van der Waals surface area contributed by atoms with E-state index in [-0.39, 0.29) is 11.8 Å². The number of benzene rings is 2. The number of nitrogens with one attached hydrogen (secondary N) is 2. The molecular weight excluding hydrogens is 340 g/mol. The lowest BCUT2D eigenvalue weighted by molar-refractivity contribution is -0.122. The Bertz CT molecular complexity index is 747. The molecule has 6 nitrogen and oxygen atoms in total. The van der Waals surface area contributed by atoms with Crippen LogP contribution in [0.15, 0.2) is 54.6 Å². The molecular formula is C21H28N4O2. The van der Waals surface area contributed by atoms with Gasteiger partial charge in [-0.25, -0.2) is 0 Å². The molecule has 0 bridgehead atoms. The number of hydrogen-bond donors (Lipinski definition) is 3. The van der Waals surface area contributed by atoms with Crippen molar-refractivity contribution in [1.29, 1.82) is 0 Å². The molecule has 6 heteroatoms. The normalized spacial score (nSPS) is 11.9. The highest BCUT2D eigenvalue weighted by molar-refractivity contribution is 5.94. The van der Waals surface area contributed by atoms with Crippen LogP contribution in [0.5, 0.6) is 0 Å². The lowest BCUT2D eigenvalue weighted by atomic mass is 10.1. The summed E-state index contributed by atoms with van der Waals surface area (Å²) in [5.41, 5.74) is 8.45. The van der Waals surface area contributed by atoms with Crippen molar-refractivity contribution in [1.82, 2.24) is 15.5 Å². The number of hydrogen-bond acceptors (Lipinski definition) is 4. The summed E-state index contributed by atoms with van der Waals surface area (Å²) < 4.78 is 0. The predicted molar refractivity (Wildman–Crippen MR) is 107 cm³/mol. The van der Waals surface area contributed by atoms with Gasteiger partial charge in [-0.1, -0.05) is 42.5 Å². The third kappa shape index (κ3) is 7.21.